The first kappa shape index (κ1) is 30.2. The molecule has 12 nitrogen and oxygen atoms in total. The average Bonchev–Trinajstić information content (AvgIpc) is 2.98. The summed E-state index contributed by atoms with van der Waals surface area (Å²) in [6.07, 6.45) is -4.43. The van der Waals surface area contributed by atoms with Gasteiger partial charge in [-0.3, -0.25) is 4.79 Å². The molecule has 2 atom stereocenters. The maximum absolute atomic E-state index is 13.4. The molecule has 0 aliphatic carbocycles. The number of carboxylic acids is 1. The van der Waals surface area contributed by atoms with Gasteiger partial charge in [-0.15, -0.1) is 0 Å². The van der Waals surface area contributed by atoms with Gasteiger partial charge in [0.1, 0.15) is 11.5 Å². The molecule has 0 saturated heterocycles. The van der Waals surface area contributed by atoms with Gasteiger partial charge in [-0.25, -0.2) is 19.2 Å². The van der Waals surface area contributed by atoms with Gasteiger partial charge in [0.25, 0.3) is 5.91 Å². The fraction of sp³-hybridized carbons (Fsp3) is 0.207. The van der Waals surface area contributed by atoms with E-state index in [1.165, 1.54) is 74.9 Å². The van der Waals surface area contributed by atoms with E-state index in [0.717, 1.165) is 0 Å². The van der Waals surface area contributed by atoms with Crippen molar-refractivity contribution in [3.8, 4) is 11.5 Å². The number of aliphatic carboxylic acids is 1. The van der Waals surface area contributed by atoms with Crippen LogP contribution in [0.1, 0.15) is 38.0 Å². The second-order valence-electron chi connectivity index (χ2n) is 8.24. The Kier molecular flexibility index (Phi) is 10.4. The van der Waals surface area contributed by atoms with Gasteiger partial charge in [0.15, 0.2) is 0 Å². The van der Waals surface area contributed by atoms with Crippen LogP contribution in [0.3, 0.4) is 0 Å². The molecule has 0 fully saturated rings. The maximum Gasteiger partial charge on any atom is 0.349 e. The Morgan fingerprint density at radius 2 is 1.20 bits per heavy atom. The molecule has 0 radical (unpaired) electrons. The molecular formula is C29H27NO11. The summed E-state index contributed by atoms with van der Waals surface area (Å²) >= 11 is 0. The van der Waals surface area contributed by atoms with Crippen molar-refractivity contribution in [3.63, 3.8) is 0 Å². The lowest BCUT2D eigenvalue weighted by molar-refractivity contribution is -0.157. The van der Waals surface area contributed by atoms with E-state index in [1.54, 1.807) is 19.1 Å². The Balaban J connectivity index is 1.94. The number of carbonyl (C=O) groups is 5. The van der Waals surface area contributed by atoms with Crippen LogP contribution in [0, 0.1) is 0 Å². The Hall–Kier alpha value is -5.39. The molecular weight excluding hydrogens is 538 g/mol. The minimum Gasteiger partial charge on any atom is -0.497 e. The van der Waals surface area contributed by atoms with Gasteiger partial charge in [0, 0.05) is 5.69 Å². The van der Waals surface area contributed by atoms with E-state index in [0.29, 0.717) is 11.5 Å². The second kappa shape index (κ2) is 14.1. The first-order chi connectivity index (χ1) is 19.7. The molecule has 3 aromatic rings. The van der Waals surface area contributed by atoms with Crippen molar-refractivity contribution in [2.75, 3.05) is 26.1 Å². The lowest BCUT2D eigenvalue weighted by Gasteiger charge is -2.24. The molecule has 0 heterocycles. The standard InChI is InChI=1S/C29H27NO11/c1-4-39-27(34)17-8-5-11-20(14-17)30-25(31)23(40-28(35)18-9-6-12-21(15-18)37-2)24(26(32)33)41-29(36)19-10-7-13-22(16-19)38-3/h5-16,23-24H,4H2,1-3H3,(H,30,31)(H,32,33)/t23-,24+/m0/s1. The number of ether oxygens (including phenoxy) is 5. The van der Waals surface area contributed by atoms with E-state index in [1.807, 2.05) is 0 Å². The van der Waals surface area contributed by atoms with Gasteiger partial charge in [-0.1, -0.05) is 18.2 Å². The number of benzene rings is 3. The van der Waals surface area contributed by atoms with Crippen molar-refractivity contribution in [1.82, 2.24) is 0 Å². The van der Waals surface area contributed by atoms with Crippen LogP contribution in [0.4, 0.5) is 5.69 Å². The lowest BCUT2D eigenvalue weighted by Crippen LogP contribution is -2.48. The van der Waals surface area contributed by atoms with Crippen LogP contribution in [0.15, 0.2) is 72.8 Å². The van der Waals surface area contributed by atoms with E-state index in [-0.39, 0.29) is 29.0 Å². The Labute approximate surface area is 234 Å². The highest BCUT2D eigenvalue weighted by Gasteiger charge is 2.41. The van der Waals surface area contributed by atoms with Crippen molar-refractivity contribution >= 4 is 35.5 Å². The topological polar surface area (TPSA) is 164 Å². The van der Waals surface area contributed by atoms with Crippen molar-refractivity contribution in [2.24, 2.45) is 0 Å². The van der Waals surface area contributed by atoms with E-state index >= 15 is 0 Å². The zero-order valence-corrected chi connectivity index (χ0v) is 22.3. The van der Waals surface area contributed by atoms with E-state index in [2.05, 4.69) is 5.32 Å². The Bertz CT molecular complexity index is 1440. The number of carbonyl (C=O) groups excluding carboxylic acids is 4. The van der Waals surface area contributed by atoms with Crippen LogP contribution >= 0.6 is 0 Å². The lowest BCUT2D eigenvalue weighted by atomic mass is 10.1. The predicted molar refractivity (Wildman–Crippen MR) is 143 cm³/mol. The van der Waals surface area contributed by atoms with Crippen molar-refractivity contribution < 1.29 is 52.8 Å². The van der Waals surface area contributed by atoms with Gasteiger partial charge in [-0.05, 0) is 61.5 Å². The maximum atomic E-state index is 13.4. The molecule has 0 aliphatic rings. The van der Waals surface area contributed by atoms with E-state index in [9.17, 15) is 29.1 Å². The number of methoxy groups -OCH3 is 2. The van der Waals surface area contributed by atoms with Gasteiger partial charge in [0.05, 0.1) is 37.5 Å². The smallest absolute Gasteiger partial charge is 0.349 e. The summed E-state index contributed by atoms with van der Waals surface area (Å²) in [5.41, 5.74) is 0.0331. The highest BCUT2D eigenvalue weighted by molar-refractivity contribution is 6.02. The highest BCUT2D eigenvalue weighted by atomic mass is 16.6. The normalized spacial score (nSPS) is 11.8. The highest BCUT2D eigenvalue weighted by Crippen LogP contribution is 2.20. The molecule has 2 N–H and O–H groups in total. The number of esters is 3. The third-order valence-corrected chi connectivity index (χ3v) is 5.50. The fourth-order valence-corrected chi connectivity index (χ4v) is 3.51. The molecule has 0 saturated carbocycles. The SMILES string of the molecule is CCOC(=O)c1cccc(NC(=O)[C@@H](OC(=O)c2cccc(OC)c2)[C@@H](OC(=O)c2cccc(OC)c2)C(=O)O)c1. The van der Waals surface area contributed by atoms with E-state index < -0.39 is 42.0 Å². The summed E-state index contributed by atoms with van der Waals surface area (Å²) in [6.45, 7) is 1.75. The summed E-state index contributed by atoms with van der Waals surface area (Å²) in [4.78, 5) is 63.6. The minimum absolute atomic E-state index is 0.0604. The second-order valence-corrected chi connectivity index (χ2v) is 8.24. The predicted octanol–water partition coefficient (Wildman–Crippen LogP) is 3.35. The first-order valence-electron chi connectivity index (χ1n) is 12.2. The number of carboxylic acid groups (broad SMARTS) is 1. The third kappa shape index (κ3) is 8.05. The van der Waals surface area contributed by atoms with Gasteiger partial charge < -0.3 is 34.1 Å². The quantitative estimate of drug-likeness (QED) is 0.244. The number of hydrogen-bond acceptors (Lipinski definition) is 10. The number of rotatable bonds is 12. The first-order valence-corrected chi connectivity index (χ1v) is 12.2. The Morgan fingerprint density at radius 1 is 0.707 bits per heavy atom. The molecule has 41 heavy (non-hydrogen) atoms. The molecule has 12 heteroatoms. The van der Waals surface area contributed by atoms with Crippen LogP contribution in [0.2, 0.25) is 0 Å². The fourth-order valence-electron chi connectivity index (χ4n) is 3.51. The van der Waals surface area contributed by atoms with E-state index in [4.69, 9.17) is 23.7 Å². The molecule has 0 bridgehead atoms. The minimum atomic E-state index is -2.27. The largest absolute Gasteiger partial charge is 0.497 e. The molecule has 0 spiro atoms. The summed E-state index contributed by atoms with van der Waals surface area (Å²) < 4.78 is 25.6. The average molecular weight is 566 g/mol. The van der Waals surface area contributed by atoms with Crippen LogP contribution in [-0.4, -0.2) is 67.9 Å². The zero-order chi connectivity index (χ0) is 29.9. The molecule has 3 aromatic carbocycles. The van der Waals surface area contributed by atoms with Crippen LogP contribution in [0.25, 0.3) is 0 Å². The number of hydrogen-bond donors (Lipinski definition) is 2. The molecule has 0 aromatic heterocycles. The summed E-state index contributed by atoms with van der Waals surface area (Å²) in [5, 5.41) is 12.3. The number of anilines is 1. The monoisotopic (exact) mass is 565 g/mol. The molecule has 0 unspecified atom stereocenters. The number of nitrogens with one attached hydrogen (secondary N) is 1. The molecule has 3 rings (SSSR count). The molecule has 214 valence electrons. The Morgan fingerprint density at radius 3 is 1.68 bits per heavy atom. The summed E-state index contributed by atoms with van der Waals surface area (Å²) in [7, 11) is 2.75. The number of amides is 1. The van der Waals surface area contributed by atoms with Crippen LogP contribution in [-0.2, 0) is 23.8 Å². The van der Waals surface area contributed by atoms with Gasteiger partial charge in [0.2, 0.25) is 12.2 Å². The molecule has 1 amide bonds. The van der Waals surface area contributed by atoms with Gasteiger partial charge >= 0.3 is 23.9 Å². The van der Waals surface area contributed by atoms with Crippen molar-refractivity contribution in [2.45, 2.75) is 19.1 Å². The zero-order valence-electron chi connectivity index (χ0n) is 22.3. The summed E-state index contributed by atoms with van der Waals surface area (Å²) in [5.74, 6) is -5.17. The van der Waals surface area contributed by atoms with Gasteiger partial charge in [-0.2, -0.15) is 0 Å². The third-order valence-electron chi connectivity index (χ3n) is 5.50. The van der Waals surface area contributed by atoms with Crippen molar-refractivity contribution in [1.29, 1.82) is 0 Å². The van der Waals surface area contributed by atoms with Crippen molar-refractivity contribution in [3.05, 3.63) is 89.5 Å². The van der Waals surface area contributed by atoms with Crippen LogP contribution in [0.5, 0.6) is 11.5 Å². The summed E-state index contributed by atoms with van der Waals surface area (Å²) in [6, 6.07) is 17.0. The molecule has 0 aliphatic heterocycles. The van der Waals surface area contributed by atoms with Crippen LogP contribution < -0.4 is 14.8 Å².